The highest BCUT2D eigenvalue weighted by Gasteiger charge is 2.14. The Kier molecular flexibility index (Phi) is 2.15. The van der Waals surface area contributed by atoms with Gasteiger partial charge in [-0.25, -0.2) is 14.8 Å². The second-order valence-electron chi connectivity index (χ2n) is 3.47. The Balaban J connectivity index is 2.35. The van der Waals surface area contributed by atoms with Crippen molar-refractivity contribution in [1.82, 2.24) is 15.0 Å². The van der Waals surface area contributed by atoms with Crippen LogP contribution in [0.15, 0.2) is 29.2 Å². The van der Waals surface area contributed by atoms with E-state index in [4.69, 9.17) is 5.11 Å². The van der Waals surface area contributed by atoms with Gasteiger partial charge in [0.15, 0.2) is 5.69 Å². The lowest BCUT2D eigenvalue weighted by atomic mass is 10.2. The number of aromatic nitrogens is 3. The summed E-state index contributed by atoms with van der Waals surface area (Å²) in [6.45, 7) is 0. The number of fused-ring (bicyclic) bond motifs is 1. The summed E-state index contributed by atoms with van der Waals surface area (Å²) in [7, 11) is 0. The molecule has 0 fully saturated rings. The maximum Gasteiger partial charge on any atom is 0.354 e. The zero-order valence-electron chi connectivity index (χ0n) is 8.54. The van der Waals surface area contributed by atoms with Crippen LogP contribution in [0.4, 0.5) is 0 Å². The largest absolute Gasteiger partial charge is 0.477 e. The van der Waals surface area contributed by atoms with Crippen LogP contribution in [0.3, 0.4) is 0 Å². The number of hydrogen-bond donors (Lipinski definition) is 2. The van der Waals surface area contributed by atoms with Gasteiger partial charge in [-0.3, -0.25) is 0 Å². The molecule has 3 aromatic heterocycles. The fraction of sp³-hybridized carbons (Fsp3) is 0. The van der Waals surface area contributed by atoms with E-state index >= 15 is 0 Å². The minimum atomic E-state index is -1.04. The van der Waals surface area contributed by atoms with Crippen LogP contribution in [0.2, 0.25) is 0 Å². The van der Waals surface area contributed by atoms with E-state index in [1.165, 1.54) is 23.7 Å². The fourth-order valence-electron chi connectivity index (χ4n) is 1.66. The Morgan fingerprint density at radius 2 is 2.35 bits per heavy atom. The smallest absolute Gasteiger partial charge is 0.354 e. The third kappa shape index (κ3) is 1.58. The SMILES string of the molecule is O=C(O)c1cc2[nH]cnc2c(-c2ccsc2)n1. The summed E-state index contributed by atoms with van der Waals surface area (Å²) < 4.78 is 0. The van der Waals surface area contributed by atoms with Gasteiger partial charge in [0.1, 0.15) is 5.52 Å². The van der Waals surface area contributed by atoms with Crippen LogP contribution < -0.4 is 0 Å². The monoisotopic (exact) mass is 245 g/mol. The zero-order chi connectivity index (χ0) is 11.8. The van der Waals surface area contributed by atoms with Crippen LogP contribution in [0.25, 0.3) is 22.3 Å². The minimum absolute atomic E-state index is 0.0166. The summed E-state index contributed by atoms with van der Waals surface area (Å²) in [5.41, 5.74) is 2.87. The second-order valence-corrected chi connectivity index (χ2v) is 4.25. The predicted molar refractivity (Wildman–Crippen MR) is 64.2 cm³/mol. The van der Waals surface area contributed by atoms with Gasteiger partial charge in [0.25, 0.3) is 0 Å². The maximum atomic E-state index is 11.0. The average Bonchev–Trinajstić information content (AvgIpc) is 2.98. The van der Waals surface area contributed by atoms with Crippen LogP contribution in [-0.2, 0) is 0 Å². The van der Waals surface area contributed by atoms with Crippen molar-refractivity contribution in [3.63, 3.8) is 0 Å². The van der Waals surface area contributed by atoms with Crippen LogP contribution in [-0.4, -0.2) is 26.0 Å². The summed E-state index contributed by atoms with van der Waals surface area (Å²) in [6.07, 6.45) is 1.54. The van der Waals surface area contributed by atoms with Crippen LogP contribution in [0, 0.1) is 0 Å². The maximum absolute atomic E-state index is 11.0. The number of nitrogens with one attached hydrogen (secondary N) is 1. The van der Waals surface area contributed by atoms with Gasteiger partial charge in [0.2, 0.25) is 0 Å². The molecule has 3 heterocycles. The average molecular weight is 245 g/mol. The van der Waals surface area contributed by atoms with Gasteiger partial charge in [-0.2, -0.15) is 11.3 Å². The molecule has 5 nitrogen and oxygen atoms in total. The molecule has 0 aliphatic rings. The van der Waals surface area contributed by atoms with E-state index in [0.29, 0.717) is 16.7 Å². The van der Waals surface area contributed by atoms with Crippen molar-refractivity contribution >= 4 is 28.3 Å². The van der Waals surface area contributed by atoms with Gasteiger partial charge >= 0.3 is 5.97 Å². The van der Waals surface area contributed by atoms with Crippen molar-refractivity contribution in [2.75, 3.05) is 0 Å². The van der Waals surface area contributed by atoms with Crippen LogP contribution >= 0.6 is 11.3 Å². The molecule has 0 aliphatic carbocycles. The molecule has 0 unspecified atom stereocenters. The molecule has 0 amide bonds. The first-order chi connectivity index (χ1) is 8.25. The summed E-state index contributed by atoms with van der Waals surface area (Å²) >= 11 is 1.53. The number of hydrogen-bond acceptors (Lipinski definition) is 4. The predicted octanol–water partition coefficient (Wildman–Crippen LogP) is 2.38. The second kappa shape index (κ2) is 3.67. The minimum Gasteiger partial charge on any atom is -0.477 e. The molecule has 3 rings (SSSR count). The topological polar surface area (TPSA) is 78.9 Å². The number of pyridine rings is 1. The van der Waals surface area contributed by atoms with E-state index in [1.54, 1.807) is 0 Å². The molecule has 6 heteroatoms. The first kappa shape index (κ1) is 9.98. The summed E-state index contributed by atoms with van der Waals surface area (Å²) in [5.74, 6) is -1.04. The standard InChI is InChI=1S/C11H7N3O2S/c15-11(16)8-3-7-10(13-5-12-7)9(14-8)6-1-2-17-4-6/h1-5H,(H,12,13)(H,15,16). The number of imidazole rings is 1. The molecule has 0 aromatic carbocycles. The van der Waals surface area contributed by atoms with Crippen molar-refractivity contribution in [3.05, 3.63) is 34.9 Å². The Bertz CT molecular complexity index is 688. The molecule has 0 aliphatic heterocycles. The lowest BCUT2D eigenvalue weighted by Crippen LogP contribution is -2.01. The number of rotatable bonds is 2. The van der Waals surface area contributed by atoms with Gasteiger partial charge in [0, 0.05) is 10.9 Å². The summed E-state index contributed by atoms with van der Waals surface area (Å²) in [4.78, 5) is 22.2. The number of thiophene rings is 1. The van der Waals surface area contributed by atoms with E-state index in [0.717, 1.165) is 5.56 Å². The van der Waals surface area contributed by atoms with Crippen molar-refractivity contribution in [1.29, 1.82) is 0 Å². The number of H-pyrrole nitrogens is 1. The van der Waals surface area contributed by atoms with Gasteiger partial charge in [-0.05, 0) is 17.5 Å². The van der Waals surface area contributed by atoms with Crippen molar-refractivity contribution in [2.45, 2.75) is 0 Å². The van der Waals surface area contributed by atoms with Gasteiger partial charge in [-0.1, -0.05) is 0 Å². The first-order valence-electron chi connectivity index (χ1n) is 4.85. The summed E-state index contributed by atoms with van der Waals surface area (Å²) in [6, 6.07) is 3.38. The third-order valence-electron chi connectivity index (χ3n) is 2.42. The molecule has 3 aromatic rings. The van der Waals surface area contributed by atoms with Gasteiger partial charge < -0.3 is 10.1 Å². The number of aromatic amines is 1. The third-order valence-corrected chi connectivity index (χ3v) is 3.10. The van der Waals surface area contributed by atoms with Crippen molar-refractivity contribution < 1.29 is 9.90 Å². The zero-order valence-corrected chi connectivity index (χ0v) is 9.36. The van der Waals surface area contributed by atoms with E-state index in [-0.39, 0.29) is 5.69 Å². The molecule has 17 heavy (non-hydrogen) atoms. The lowest BCUT2D eigenvalue weighted by Gasteiger charge is -2.01. The Hall–Kier alpha value is -2.21. The molecule has 0 bridgehead atoms. The van der Waals surface area contributed by atoms with Gasteiger partial charge in [0.05, 0.1) is 17.5 Å². The Morgan fingerprint density at radius 1 is 1.47 bits per heavy atom. The molecular weight excluding hydrogens is 238 g/mol. The Morgan fingerprint density at radius 3 is 3.06 bits per heavy atom. The Labute approximate surface area is 99.8 Å². The quantitative estimate of drug-likeness (QED) is 0.726. The highest BCUT2D eigenvalue weighted by molar-refractivity contribution is 7.08. The van der Waals surface area contributed by atoms with Crippen LogP contribution in [0.1, 0.15) is 10.5 Å². The molecule has 0 saturated carbocycles. The lowest BCUT2D eigenvalue weighted by molar-refractivity contribution is 0.0691. The first-order valence-corrected chi connectivity index (χ1v) is 5.80. The van der Waals surface area contributed by atoms with E-state index in [2.05, 4.69) is 15.0 Å². The summed E-state index contributed by atoms with van der Waals surface area (Å²) in [5, 5.41) is 12.8. The van der Waals surface area contributed by atoms with E-state index in [9.17, 15) is 4.79 Å². The normalized spacial score (nSPS) is 10.8. The molecule has 0 atom stereocenters. The number of nitrogens with zero attached hydrogens (tertiary/aromatic N) is 2. The molecule has 84 valence electrons. The van der Waals surface area contributed by atoms with Gasteiger partial charge in [-0.15, -0.1) is 0 Å². The van der Waals surface area contributed by atoms with Crippen molar-refractivity contribution in [3.8, 4) is 11.3 Å². The molecule has 0 spiro atoms. The van der Waals surface area contributed by atoms with Crippen molar-refractivity contribution in [2.24, 2.45) is 0 Å². The van der Waals surface area contributed by atoms with E-state index < -0.39 is 5.97 Å². The van der Waals surface area contributed by atoms with E-state index in [1.807, 2.05) is 16.8 Å². The highest BCUT2D eigenvalue weighted by atomic mass is 32.1. The highest BCUT2D eigenvalue weighted by Crippen LogP contribution is 2.27. The molecule has 0 saturated heterocycles. The molecule has 2 N–H and O–H groups in total. The number of carboxylic acids is 1. The fourth-order valence-corrected chi connectivity index (χ4v) is 2.30. The molecular formula is C11H7N3O2S. The number of aromatic carboxylic acids is 1. The molecule has 0 radical (unpaired) electrons. The number of carboxylic acid groups (broad SMARTS) is 1. The number of carbonyl (C=O) groups is 1. The van der Waals surface area contributed by atoms with Crippen LogP contribution in [0.5, 0.6) is 0 Å².